The number of benzene rings is 1. The number of rotatable bonds is 3. The van der Waals surface area contributed by atoms with Crippen molar-refractivity contribution in [2.75, 3.05) is 7.11 Å². The standard InChI is InChI=1S/C14H9ClN2O3S/c1-19-14(18)10-3-2-8(6-11(10)15)12-16-13(20-17-12)9-4-5-21-7-9/h2-7H,1H3. The Hall–Kier alpha value is -2.18. The molecule has 3 aromatic rings. The highest BCUT2D eigenvalue weighted by molar-refractivity contribution is 7.08. The third-order valence-corrected chi connectivity index (χ3v) is 3.82. The summed E-state index contributed by atoms with van der Waals surface area (Å²) in [5.74, 6) is 0.368. The monoisotopic (exact) mass is 320 g/mol. The van der Waals surface area contributed by atoms with E-state index in [-0.39, 0.29) is 5.02 Å². The van der Waals surface area contributed by atoms with Crippen LogP contribution in [0, 0.1) is 0 Å². The maximum Gasteiger partial charge on any atom is 0.339 e. The molecule has 1 aromatic carbocycles. The van der Waals surface area contributed by atoms with Gasteiger partial charge in [-0.05, 0) is 23.6 Å². The van der Waals surface area contributed by atoms with Gasteiger partial charge in [-0.25, -0.2) is 4.79 Å². The first-order chi connectivity index (χ1) is 10.2. The van der Waals surface area contributed by atoms with E-state index in [1.54, 1.807) is 29.5 Å². The van der Waals surface area contributed by atoms with Crippen LogP contribution >= 0.6 is 22.9 Å². The maximum absolute atomic E-state index is 11.5. The van der Waals surface area contributed by atoms with E-state index in [1.165, 1.54) is 7.11 Å². The van der Waals surface area contributed by atoms with E-state index < -0.39 is 5.97 Å². The number of hydrogen-bond donors (Lipinski definition) is 0. The molecule has 106 valence electrons. The number of methoxy groups -OCH3 is 1. The lowest BCUT2D eigenvalue weighted by atomic mass is 10.1. The van der Waals surface area contributed by atoms with E-state index in [2.05, 4.69) is 14.9 Å². The molecule has 0 aliphatic rings. The summed E-state index contributed by atoms with van der Waals surface area (Å²) < 4.78 is 9.86. The summed E-state index contributed by atoms with van der Waals surface area (Å²) in [6.45, 7) is 0. The molecular weight excluding hydrogens is 312 g/mol. The summed E-state index contributed by atoms with van der Waals surface area (Å²) in [5, 5.41) is 8.05. The number of carbonyl (C=O) groups is 1. The van der Waals surface area contributed by atoms with Gasteiger partial charge in [-0.1, -0.05) is 22.8 Å². The van der Waals surface area contributed by atoms with Crippen LogP contribution in [0.25, 0.3) is 22.8 Å². The Bertz CT molecular complexity index is 783. The quantitative estimate of drug-likeness (QED) is 0.685. The number of hydrogen-bond acceptors (Lipinski definition) is 6. The molecular formula is C14H9ClN2O3S. The summed E-state index contributed by atoms with van der Waals surface area (Å²) in [6, 6.07) is 6.77. The van der Waals surface area contributed by atoms with Crippen molar-refractivity contribution in [3.8, 4) is 22.8 Å². The molecule has 2 heterocycles. The van der Waals surface area contributed by atoms with E-state index in [0.717, 1.165) is 5.56 Å². The second-order valence-corrected chi connectivity index (χ2v) is 5.31. The Labute approximate surface area is 129 Å². The van der Waals surface area contributed by atoms with Gasteiger partial charge >= 0.3 is 5.97 Å². The molecule has 7 heteroatoms. The van der Waals surface area contributed by atoms with Crippen LogP contribution < -0.4 is 0 Å². The molecule has 0 N–H and O–H groups in total. The largest absolute Gasteiger partial charge is 0.465 e. The normalized spacial score (nSPS) is 10.6. The Kier molecular flexibility index (Phi) is 3.72. The lowest BCUT2D eigenvalue weighted by Gasteiger charge is -2.02. The third kappa shape index (κ3) is 2.68. The summed E-state index contributed by atoms with van der Waals surface area (Å²) >= 11 is 7.62. The lowest BCUT2D eigenvalue weighted by Crippen LogP contribution is -2.01. The zero-order valence-corrected chi connectivity index (χ0v) is 12.4. The fourth-order valence-corrected chi connectivity index (χ4v) is 2.66. The smallest absolute Gasteiger partial charge is 0.339 e. The van der Waals surface area contributed by atoms with Crippen LogP contribution in [-0.2, 0) is 4.74 Å². The zero-order valence-electron chi connectivity index (χ0n) is 10.9. The van der Waals surface area contributed by atoms with Crippen LogP contribution in [0.3, 0.4) is 0 Å². The molecule has 0 aliphatic carbocycles. The SMILES string of the molecule is COC(=O)c1ccc(-c2noc(-c3ccsc3)n2)cc1Cl. The number of ether oxygens (including phenoxy) is 1. The molecule has 0 amide bonds. The average molecular weight is 321 g/mol. The van der Waals surface area contributed by atoms with Crippen molar-refractivity contribution in [2.45, 2.75) is 0 Å². The van der Waals surface area contributed by atoms with Gasteiger partial charge in [-0.3, -0.25) is 0 Å². The van der Waals surface area contributed by atoms with Crippen molar-refractivity contribution >= 4 is 28.9 Å². The Morgan fingerprint density at radius 3 is 2.86 bits per heavy atom. The van der Waals surface area contributed by atoms with Crippen molar-refractivity contribution in [3.05, 3.63) is 45.6 Å². The molecule has 3 rings (SSSR count). The molecule has 2 aromatic heterocycles. The second kappa shape index (κ2) is 5.67. The van der Waals surface area contributed by atoms with Gasteiger partial charge < -0.3 is 9.26 Å². The number of halogens is 1. The lowest BCUT2D eigenvalue weighted by molar-refractivity contribution is 0.0601. The fraction of sp³-hybridized carbons (Fsp3) is 0.0714. The predicted octanol–water partition coefficient (Wildman–Crippen LogP) is 3.91. The van der Waals surface area contributed by atoms with E-state index in [9.17, 15) is 4.79 Å². The molecule has 0 atom stereocenters. The van der Waals surface area contributed by atoms with Gasteiger partial charge in [0.2, 0.25) is 5.82 Å². The van der Waals surface area contributed by atoms with Crippen molar-refractivity contribution in [3.63, 3.8) is 0 Å². The van der Waals surface area contributed by atoms with Gasteiger partial charge in [-0.2, -0.15) is 16.3 Å². The van der Waals surface area contributed by atoms with Gasteiger partial charge in [0.25, 0.3) is 5.89 Å². The Morgan fingerprint density at radius 1 is 1.33 bits per heavy atom. The van der Waals surface area contributed by atoms with Crippen molar-refractivity contribution < 1.29 is 14.1 Å². The number of carbonyl (C=O) groups excluding carboxylic acids is 1. The molecule has 0 aliphatic heterocycles. The molecule has 0 spiro atoms. The molecule has 0 fully saturated rings. The molecule has 0 radical (unpaired) electrons. The van der Waals surface area contributed by atoms with E-state index in [0.29, 0.717) is 22.8 Å². The summed E-state index contributed by atoms with van der Waals surface area (Å²) in [4.78, 5) is 15.8. The molecule has 5 nitrogen and oxygen atoms in total. The molecule has 0 saturated carbocycles. The predicted molar refractivity (Wildman–Crippen MR) is 79.4 cm³/mol. The van der Waals surface area contributed by atoms with Crippen molar-refractivity contribution in [1.29, 1.82) is 0 Å². The van der Waals surface area contributed by atoms with E-state index in [1.807, 2.05) is 16.8 Å². The molecule has 21 heavy (non-hydrogen) atoms. The Balaban J connectivity index is 1.94. The van der Waals surface area contributed by atoms with Gasteiger partial charge in [-0.15, -0.1) is 0 Å². The van der Waals surface area contributed by atoms with Crippen LogP contribution in [0.1, 0.15) is 10.4 Å². The first-order valence-electron chi connectivity index (χ1n) is 5.93. The molecule has 0 bridgehead atoms. The topological polar surface area (TPSA) is 65.2 Å². The van der Waals surface area contributed by atoms with Crippen molar-refractivity contribution in [2.24, 2.45) is 0 Å². The fourth-order valence-electron chi connectivity index (χ4n) is 1.77. The second-order valence-electron chi connectivity index (χ2n) is 4.12. The summed E-state index contributed by atoms with van der Waals surface area (Å²) in [5.41, 5.74) is 1.83. The van der Waals surface area contributed by atoms with Crippen molar-refractivity contribution in [1.82, 2.24) is 10.1 Å². The van der Waals surface area contributed by atoms with E-state index in [4.69, 9.17) is 16.1 Å². The van der Waals surface area contributed by atoms with Gasteiger partial charge in [0.15, 0.2) is 0 Å². The minimum absolute atomic E-state index is 0.279. The van der Waals surface area contributed by atoms with Crippen LogP contribution in [0.2, 0.25) is 5.02 Å². The van der Waals surface area contributed by atoms with Crippen LogP contribution in [-0.4, -0.2) is 23.2 Å². The third-order valence-electron chi connectivity index (χ3n) is 2.83. The van der Waals surface area contributed by atoms with Gasteiger partial charge in [0.05, 0.1) is 23.3 Å². The first kappa shape index (κ1) is 13.8. The number of thiophene rings is 1. The summed E-state index contributed by atoms with van der Waals surface area (Å²) in [7, 11) is 1.30. The number of nitrogens with zero attached hydrogens (tertiary/aromatic N) is 2. The number of aromatic nitrogens is 2. The number of esters is 1. The molecule has 0 saturated heterocycles. The Morgan fingerprint density at radius 2 is 2.19 bits per heavy atom. The highest BCUT2D eigenvalue weighted by Crippen LogP contribution is 2.27. The highest BCUT2D eigenvalue weighted by Gasteiger charge is 2.15. The van der Waals surface area contributed by atoms with E-state index >= 15 is 0 Å². The van der Waals surface area contributed by atoms with Crippen LogP contribution in [0.4, 0.5) is 0 Å². The first-order valence-corrected chi connectivity index (χ1v) is 7.25. The molecule has 0 unspecified atom stereocenters. The zero-order chi connectivity index (χ0) is 14.8. The average Bonchev–Trinajstić information content (AvgIpc) is 3.17. The van der Waals surface area contributed by atoms with Gasteiger partial charge in [0.1, 0.15) is 0 Å². The minimum Gasteiger partial charge on any atom is -0.465 e. The summed E-state index contributed by atoms with van der Waals surface area (Å²) in [6.07, 6.45) is 0. The van der Waals surface area contributed by atoms with Crippen LogP contribution in [0.15, 0.2) is 39.5 Å². The highest BCUT2D eigenvalue weighted by atomic mass is 35.5. The van der Waals surface area contributed by atoms with Gasteiger partial charge in [0, 0.05) is 10.9 Å². The maximum atomic E-state index is 11.5. The van der Waals surface area contributed by atoms with Crippen LogP contribution in [0.5, 0.6) is 0 Å². The minimum atomic E-state index is -0.487.